The number of hydrogen-bond donors (Lipinski definition) is 1. The third-order valence-corrected chi connectivity index (χ3v) is 6.94. The first-order chi connectivity index (χ1) is 13.9. The van der Waals surface area contributed by atoms with E-state index in [1.54, 1.807) is 25.4 Å². The molecular weight excluding hydrogens is 416 g/mol. The molecule has 0 aliphatic heterocycles. The minimum Gasteiger partial charge on any atom is -0.342 e. The lowest BCUT2D eigenvalue weighted by molar-refractivity contribution is 0.0937. The highest BCUT2D eigenvalue weighted by Gasteiger charge is 2.37. The Morgan fingerprint density at radius 1 is 1.21 bits per heavy atom. The molecule has 1 fully saturated rings. The first kappa shape index (κ1) is 19.5. The van der Waals surface area contributed by atoms with Crippen molar-refractivity contribution in [3.8, 4) is 5.95 Å². The zero-order chi connectivity index (χ0) is 20.6. The highest BCUT2D eigenvalue weighted by Crippen LogP contribution is 2.34. The Labute approximate surface area is 172 Å². The Kier molecular flexibility index (Phi) is 5.05. The Balaban J connectivity index is 1.58. The number of sulfone groups is 1. The van der Waals surface area contributed by atoms with Gasteiger partial charge in [-0.3, -0.25) is 4.79 Å². The van der Waals surface area contributed by atoms with Crippen LogP contribution in [0.25, 0.3) is 5.95 Å². The molecule has 0 saturated heterocycles. The molecule has 1 saturated carbocycles. The third-order valence-electron chi connectivity index (χ3n) is 4.48. The first-order valence-corrected chi connectivity index (χ1v) is 10.8. The summed E-state index contributed by atoms with van der Waals surface area (Å²) < 4.78 is 26.4. The van der Waals surface area contributed by atoms with Gasteiger partial charge in [-0.2, -0.15) is 9.78 Å². The average Bonchev–Trinajstić information content (AvgIpc) is 3.46. The van der Waals surface area contributed by atoms with Gasteiger partial charge in [-0.15, -0.1) is 0 Å². The molecule has 2 heterocycles. The van der Waals surface area contributed by atoms with Crippen LogP contribution in [-0.4, -0.2) is 44.3 Å². The monoisotopic (exact) mass is 432 g/mol. The van der Waals surface area contributed by atoms with E-state index in [0.29, 0.717) is 24.6 Å². The number of carbonyl (C=O) groups excluding carboxylic acids is 1. The minimum atomic E-state index is -3.47. The van der Waals surface area contributed by atoms with Gasteiger partial charge in [0, 0.05) is 23.0 Å². The van der Waals surface area contributed by atoms with Crippen molar-refractivity contribution in [2.75, 3.05) is 0 Å². The Morgan fingerprint density at radius 2 is 1.93 bits per heavy atom. The molecule has 11 heteroatoms. The van der Waals surface area contributed by atoms with E-state index in [-0.39, 0.29) is 20.7 Å². The van der Waals surface area contributed by atoms with Crippen molar-refractivity contribution in [2.45, 2.75) is 36.0 Å². The molecule has 1 aromatic carbocycles. The quantitative estimate of drug-likeness (QED) is 0.633. The van der Waals surface area contributed by atoms with E-state index in [2.05, 4.69) is 25.4 Å². The fraction of sp³-hybridized carbons (Fsp3) is 0.278. The highest BCUT2D eigenvalue weighted by atomic mass is 35.5. The van der Waals surface area contributed by atoms with Gasteiger partial charge in [-0.25, -0.2) is 23.4 Å². The topological polar surface area (TPSA) is 120 Å². The number of carbonyl (C=O) groups is 1. The summed E-state index contributed by atoms with van der Waals surface area (Å²) in [5.74, 6) is 0.273. The van der Waals surface area contributed by atoms with Gasteiger partial charge in [0.15, 0.2) is 15.7 Å². The van der Waals surface area contributed by atoms with E-state index >= 15 is 0 Å². The van der Waals surface area contributed by atoms with Gasteiger partial charge in [0.05, 0.1) is 16.2 Å². The van der Waals surface area contributed by atoms with Crippen molar-refractivity contribution < 1.29 is 13.2 Å². The second-order valence-corrected chi connectivity index (χ2v) is 9.36. The molecule has 9 nitrogen and oxygen atoms in total. The second-order valence-electron chi connectivity index (χ2n) is 6.69. The minimum absolute atomic E-state index is 0.0613. The van der Waals surface area contributed by atoms with E-state index in [4.69, 9.17) is 11.6 Å². The summed E-state index contributed by atoms with van der Waals surface area (Å²) >= 11 is 6.08. The van der Waals surface area contributed by atoms with Crippen molar-refractivity contribution in [1.29, 1.82) is 0 Å². The molecule has 1 atom stereocenters. The number of nitrogens with one attached hydrogen (secondary N) is 1. The summed E-state index contributed by atoms with van der Waals surface area (Å²) in [7, 11) is -3.47. The Hall–Kier alpha value is -2.85. The SMILES string of the molecule is C[C@@H](NC(=O)c1cc(Cl)cc(S(=O)(=O)C2CC2)c1)c1ncnn1-c1ncccn1. The normalized spacial score (nSPS) is 15.1. The van der Waals surface area contributed by atoms with E-state index in [1.165, 1.54) is 29.2 Å². The van der Waals surface area contributed by atoms with Crippen LogP contribution in [0.15, 0.2) is 47.9 Å². The molecule has 0 radical (unpaired) electrons. The van der Waals surface area contributed by atoms with Gasteiger partial charge in [-0.1, -0.05) is 11.6 Å². The summed E-state index contributed by atoms with van der Waals surface area (Å²) in [6, 6.07) is 5.29. The predicted molar refractivity (Wildman–Crippen MR) is 104 cm³/mol. The van der Waals surface area contributed by atoms with Crippen LogP contribution in [0.2, 0.25) is 5.02 Å². The number of halogens is 1. The van der Waals surface area contributed by atoms with Crippen molar-refractivity contribution in [3.63, 3.8) is 0 Å². The van der Waals surface area contributed by atoms with Gasteiger partial charge in [0.25, 0.3) is 11.9 Å². The lowest BCUT2D eigenvalue weighted by atomic mass is 10.2. The molecule has 29 heavy (non-hydrogen) atoms. The molecule has 3 aromatic rings. The van der Waals surface area contributed by atoms with Gasteiger partial charge >= 0.3 is 0 Å². The van der Waals surface area contributed by atoms with Crippen LogP contribution in [0, 0.1) is 0 Å². The average molecular weight is 433 g/mol. The molecule has 1 aliphatic rings. The molecule has 1 aliphatic carbocycles. The van der Waals surface area contributed by atoms with Crippen molar-refractivity contribution >= 4 is 27.3 Å². The molecule has 2 aromatic heterocycles. The van der Waals surface area contributed by atoms with E-state index in [9.17, 15) is 13.2 Å². The smallest absolute Gasteiger partial charge is 0.252 e. The fourth-order valence-corrected chi connectivity index (χ4v) is 4.90. The lowest BCUT2D eigenvalue weighted by Gasteiger charge is -2.14. The van der Waals surface area contributed by atoms with Crippen LogP contribution >= 0.6 is 11.6 Å². The standard InChI is InChI=1S/C18H17ClN6O3S/c1-11(16-22-10-23-25(16)18-20-5-2-6-21-18)24-17(26)12-7-13(19)9-15(8-12)29(27,28)14-3-4-14/h2,5-11,14H,3-4H2,1H3,(H,24,26)/t11-/m1/s1. The summed E-state index contributed by atoms with van der Waals surface area (Å²) in [6.45, 7) is 1.73. The molecule has 0 bridgehead atoms. The number of rotatable bonds is 6. The summed E-state index contributed by atoms with van der Waals surface area (Å²) in [5, 5.41) is 6.69. The number of amides is 1. The van der Waals surface area contributed by atoms with E-state index in [0.717, 1.165) is 0 Å². The maximum atomic E-state index is 12.8. The molecule has 0 unspecified atom stereocenters. The first-order valence-electron chi connectivity index (χ1n) is 8.89. The lowest BCUT2D eigenvalue weighted by Crippen LogP contribution is -2.29. The maximum absolute atomic E-state index is 12.8. The molecule has 1 N–H and O–H groups in total. The van der Waals surface area contributed by atoms with Crippen molar-refractivity contribution in [3.05, 3.63) is 59.4 Å². The number of aromatic nitrogens is 5. The zero-order valence-corrected chi connectivity index (χ0v) is 16.9. The summed E-state index contributed by atoms with van der Waals surface area (Å²) in [5.41, 5.74) is 0.158. The predicted octanol–water partition coefficient (Wildman–Crippen LogP) is 2.14. The van der Waals surface area contributed by atoms with Crippen LogP contribution in [0.3, 0.4) is 0 Å². The number of hydrogen-bond acceptors (Lipinski definition) is 7. The Bertz CT molecular complexity index is 1160. The highest BCUT2D eigenvalue weighted by molar-refractivity contribution is 7.92. The van der Waals surface area contributed by atoms with E-state index < -0.39 is 21.8 Å². The summed E-state index contributed by atoms with van der Waals surface area (Å²) in [4.78, 5) is 25.3. The van der Waals surface area contributed by atoms with Crippen LogP contribution in [-0.2, 0) is 9.84 Å². The van der Waals surface area contributed by atoms with Crippen LogP contribution in [0.4, 0.5) is 0 Å². The molecule has 1 amide bonds. The summed E-state index contributed by atoms with van der Waals surface area (Å²) in [6.07, 6.45) is 5.75. The number of nitrogens with zero attached hydrogens (tertiary/aromatic N) is 5. The van der Waals surface area contributed by atoms with Crippen LogP contribution in [0.1, 0.15) is 42.0 Å². The Morgan fingerprint density at radius 3 is 2.62 bits per heavy atom. The fourth-order valence-electron chi connectivity index (χ4n) is 2.87. The van der Waals surface area contributed by atoms with Crippen LogP contribution < -0.4 is 5.32 Å². The van der Waals surface area contributed by atoms with Crippen LogP contribution in [0.5, 0.6) is 0 Å². The van der Waals surface area contributed by atoms with Gasteiger partial charge < -0.3 is 5.32 Å². The largest absolute Gasteiger partial charge is 0.342 e. The zero-order valence-electron chi connectivity index (χ0n) is 15.4. The third kappa shape index (κ3) is 3.99. The van der Waals surface area contributed by atoms with Crippen molar-refractivity contribution in [2.24, 2.45) is 0 Å². The van der Waals surface area contributed by atoms with Gasteiger partial charge in [-0.05, 0) is 44.0 Å². The molecular formula is C18H17ClN6O3S. The van der Waals surface area contributed by atoms with Gasteiger partial charge in [0.1, 0.15) is 6.33 Å². The second kappa shape index (κ2) is 7.53. The maximum Gasteiger partial charge on any atom is 0.252 e. The number of benzene rings is 1. The molecule has 4 rings (SSSR count). The van der Waals surface area contributed by atoms with E-state index in [1.807, 2.05) is 0 Å². The molecule has 150 valence electrons. The van der Waals surface area contributed by atoms with Crippen molar-refractivity contribution in [1.82, 2.24) is 30.0 Å². The van der Waals surface area contributed by atoms with Gasteiger partial charge in [0.2, 0.25) is 0 Å². The molecule has 0 spiro atoms.